The molecule has 1 atom stereocenters. The van der Waals surface area contributed by atoms with Crippen molar-refractivity contribution in [2.45, 2.75) is 13.2 Å². The third-order valence-corrected chi connectivity index (χ3v) is 1.10. The van der Waals surface area contributed by atoms with E-state index in [2.05, 4.69) is 10.6 Å². The molecule has 0 saturated carbocycles. The van der Waals surface area contributed by atoms with Crippen molar-refractivity contribution >= 4 is 5.91 Å². The third-order valence-electron chi connectivity index (χ3n) is 1.10. The molecule has 1 unspecified atom stereocenters. The Morgan fingerprint density at radius 2 is 2.36 bits per heavy atom. The number of hydrogen-bond donors (Lipinski definition) is 4. The minimum atomic E-state index is -0.794. The molecule has 0 aromatic heterocycles. The van der Waals surface area contributed by atoms with Crippen LogP contribution in [0, 0.1) is 0 Å². The normalized spacial score (nSPS) is 12.6. The summed E-state index contributed by atoms with van der Waals surface area (Å²) in [5.74, 6) is -0.139. The number of likely N-dealkylation sites (N-methyl/N-ethyl adjacent to an activating group) is 1. The van der Waals surface area contributed by atoms with Gasteiger partial charge in [-0.25, -0.2) is 0 Å². The van der Waals surface area contributed by atoms with Crippen LogP contribution in [0.5, 0.6) is 0 Å². The summed E-state index contributed by atoms with van der Waals surface area (Å²) in [6.07, 6.45) is -0.794. The second-order valence-corrected chi connectivity index (χ2v) is 2.09. The van der Waals surface area contributed by atoms with E-state index in [9.17, 15) is 4.79 Å². The zero-order valence-electron chi connectivity index (χ0n) is 6.63. The zero-order chi connectivity index (χ0) is 8.69. The fraction of sp³-hybridized carbons (Fsp3) is 0.833. The molecule has 0 fully saturated rings. The summed E-state index contributed by atoms with van der Waals surface area (Å²) in [5, 5.41) is 14.0. The maximum absolute atomic E-state index is 10.7. The van der Waals surface area contributed by atoms with Gasteiger partial charge in [0.25, 0.3) is 0 Å². The Hall–Kier alpha value is -0.650. The molecule has 0 bridgehead atoms. The first-order chi connectivity index (χ1) is 5.20. The van der Waals surface area contributed by atoms with E-state index in [1.165, 1.54) is 0 Å². The Bertz CT molecular complexity index is 118. The van der Waals surface area contributed by atoms with Crippen LogP contribution >= 0.6 is 0 Å². The number of hydrogen-bond acceptors (Lipinski definition) is 4. The van der Waals surface area contributed by atoms with Gasteiger partial charge in [-0.3, -0.25) is 10.1 Å². The second kappa shape index (κ2) is 6.09. The summed E-state index contributed by atoms with van der Waals surface area (Å²) in [6, 6.07) is 0. The largest absolute Gasteiger partial charge is 0.377 e. The number of amides is 1. The van der Waals surface area contributed by atoms with Gasteiger partial charge in [-0.05, 0) is 6.92 Å². The van der Waals surface area contributed by atoms with Gasteiger partial charge >= 0.3 is 0 Å². The SMILES string of the molecule is CCNC(=O)CNC(O)CN. The maximum Gasteiger partial charge on any atom is 0.234 e. The van der Waals surface area contributed by atoms with Crippen molar-refractivity contribution in [2.24, 2.45) is 5.73 Å². The highest BCUT2D eigenvalue weighted by molar-refractivity contribution is 5.77. The van der Waals surface area contributed by atoms with E-state index >= 15 is 0 Å². The van der Waals surface area contributed by atoms with Crippen LogP contribution in [0.1, 0.15) is 6.92 Å². The number of aliphatic hydroxyl groups excluding tert-OH is 1. The fourth-order valence-corrected chi connectivity index (χ4v) is 0.554. The molecule has 0 aliphatic rings. The van der Waals surface area contributed by atoms with Gasteiger partial charge in [0, 0.05) is 13.1 Å². The zero-order valence-corrected chi connectivity index (χ0v) is 6.63. The van der Waals surface area contributed by atoms with E-state index in [0.29, 0.717) is 6.54 Å². The second-order valence-electron chi connectivity index (χ2n) is 2.09. The minimum absolute atomic E-state index is 0.103. The molecule has 0 heterocycles. The molecule has 66 valence electrons. The lowest BCUT2D eigenvalue weighted by molar-refractivity contribution is -0.120. The molecule has 0 aromatic carbocycles. The first-order valence-electron chi connectivity index (χ1n) is 3.59. The van der Waals surface area contributed by atoms with E-state index in [-0.39, 0.29) is 19.0 Å². The van der Waals surface area contributed by atoms with Crippen molar-refractivity contribution in [2.75, 3.05) is 19.6 Å². The predicted molar refractivity (Wildman–Crippen MR) is 41.7 cm³/mol. The lowest BCUT2D eigenvalue weighted by Gasteiger charge is -2.09. The highest BCUT2D eigenvalue weighted by atomic mass is 16.3. The smallest absolute Gasteiger partial charge is 0.234 e. The predicted octanol–water partition coefficient (Wildman–Crippen LogP) is -2.01. The van der Waals surface area contributed by atoms with E-state index < -0.39 is 6.23 Å². The van der Waals surface area contributed by atoms with Gasteiger partial charge in [0.2, 0.25) is 5.91 Å². The lowest BCUT2D eigenvalue weighted by Crippen LogP contribution is -2.42. The monoisotopic (exact) mass is 161 g/mol. The summed E-state index contributed by atoms with van der Waals surface area (Å²) < 4.78 is 0. The van der Waals surface area contributed by atoms with Crippen molar-refractivity contribution < 1.29 is 9.90 Å². The van der Waals surface area contributed by atoms with Gasteiger partial charge in [-0.2, -0.15) is 0 Å². The standard InChI is InChI=1S/C6H15N3O2/c1-2-8-6(11)4-9-5(10)3-7/h5,9-10H,2-4,7H2,1H3,(H,8,11). The summed E-state index contributed by atoms with van der Waals surface area (Å²) in [5.41, 5.74) is 5.09. The van der Waals surface area contributed by atoms with Crippen LogP contribution in [0.2, 0.25) is 0 Å². The van der Waals surface area contributed by atoms with Gasteiger partial charge in [-0.15, -0.1) is 0 Å². The summed E-state index contributed by atoms with van der Waals surface area (Å²) in [6.45, 7) is 2.64. The van der Waals surface area contributed by atoms with Gasteiger partial charge in [0.1, 0.15) is 6.23 Å². The highest BCUT2D eigenvalue weighted by Gasteiger charge is 2.02. The molecular weight excluding hydrogens is 146 g/mol. The number of nitrogens with two attached hydrogens (primary N) is 1. The van der Waals surface area contributed by atoms with E-state index in [0.717, 1.165) is 0 Å². The Morgan fingerprint density at radius 3 is 2.82 bits per heavy atom. The van der Waals surface area contributed by atoms with Gasteiger partial charge in [0.05, 0.1) is 6.54 Å². The summed E-state index contributed by atoms with van der Waals surface area (Å²) >= 11 is 0. The Morgan fingerprint density at radius 1 is 1.73 bits per heavy atom. The first kappa shape index (κ1) is 10.3. The maximum atomic E-state index is 10.7. The number of nitrogens with one attached hydrogen (secondary N) is 2. The van der Waals surface area contributed by atoms with Crippen molar-refractivity contribution in [1.82, 2.24) is 10.6 Å². The third kappa shape index (κ3) is 5.78. The van der Waals surface area contributed by atoms with Crippen molar-refractivity contribution in [3.63, 3.8) is 0 Å². The van der Waals surface area contributed by atoms with Crippen molar-refractivity contribution in [1.29, 1.82) is 0 Å². The van der Waals surface area contributed by atoms with Crippen LogP contribution in [0.4, 0.5) is 0 Å². The quantitative estimate of drug-likeness (QED) is 0.351. The molecule has 5 heteroatoms. The molecule has 5 N–H and O–H groups in total. The number of carbonyl (C=O) groups is 1. The Kier molecular flexibility index (Phi) is 5.73. The lowest BCUT2D eigenvalue weighted by atomic mass is 10.5. The van der Waals surface area contributed by atoms with E-state index in [1.54, 1.807) is 0 Å². The highest BCUT2D eigenvalue weighted by Crippen LogP contribution is 1.70. The molecule has 0 aliphatic carbocycles. The average molecular weight is 161 g/mol. The summed E-state index contributed by atoms with van der Waals surface area (Å²) in [4.78, 5) is 10.7. The van der Waals surface area contributed by atoms with Crippen LogP contribution in [-0.4, -0.2) is 36.9 Å². The van der Waals surface area contributed by atoms with Gasteiger partial charge in [0.15, 0.2) is 0 Å². The van der Waals surface area contributed by atoms with Gasteiger partial charge < -0.3 is 16.2 Å². The number of carbonyl (C=O) groups excluding carboxylic acids is 1. The van der Waals surface area contributed by atoms with Crippen LogP contribution in [0.25, 0.3) is 0 Å². The summed E-state index contributed by atoms with van der Waals surface area (Å²) in [7, 11) is 0. The van der Waals surface area contributed by atoms with Crippen LogP contribution in [-0.2, 0) is 4.79 Å². The number of rotatable bonds is 5. The fourth-order valence-electron chi connectivity index (χ4n) is 0.554. The van der Waals surface area contributed by atoms with E-state index in [4.69, 9.17) is 10.8 Å². The molecule has 0 rings (SSSR count). The molecule has 0 spiro atoms. The topological polar surface area (TPSA) is 87.4 Å². The molecule has 0 radical (unpaired) electrons. The number of aliphatic hydroxyl groups is 1. The van der Waals surface area contributed by atoms with Crippen molar-refractivity contribution in [3.8, 4) is 0 Å². The van der Waals surface area contributed by atoms with E-state index in [1.807, 2.05) is 6.92 Å². The van der Waals surface area contributed by atoms with Crippen LogP contribution in [0.15, 0.2) is 0 Å². The van der Waals surface area contributed by atoms with Crippen LogP contribution < -0.4 is 16.4 Å². The Labute approximate surface area is 66.0 Å². The molecule has 1 amide bonds. The van der Waals surface area contributed by atoms with Gasteiger partial charge in [-0.1, -0.05) is 0 Å². The minimum Gasteiger partial charge on any atom is -0.377 e. The molecule has 0 aliphatic heterocycles. The molecule has 0 saturated heterocycles. The molecular formula is C6H15N3O2. The van der Waals surface area contributed by atoms with Crippen molar-refractivity contribution in [3.05, 3.63) is 0 Å². The molecule has 0 aromatic rings. The Balaban J connectivity index is 3.30. The molecule has 5 nitrogen and oxygen atoms in total. The first-order valence-corrected chi connectivity index (χ1v) is 3.59. The van der Waals surface area contributed by atoms with Crippen LogP contribution in [0.3, 0.4) is 0 Å². The average Bonchev–Trinajstić information content (AvgIpc) is 2.01. The molecule has 11 heavy (non-hydrogen) atoms.